The average molecular weight is 236 g/mol. The van der Waals surface area contributed by atoms with Crippen molar-refractivity contribution in [1.82, 2.24) is 5.32 Å². The van der Waals surface area contributed by atoms with Gasteiger partial charge in [0.1, 0.15) is 0 Å². The van der Waals surface area contributed by atoms with Gasteiger partial charge in [0.05, 0.1) is 5.54 Å². The van der Waals surface area contributed by atoms with E-state index in [2.05, 4.69) is 5.32 Å². The summed E-state index contributed by atoms with van der Waals surface area (Å²) < 4.78 is 5.17. The molecule has 5 N–H and O–H groups in total. The van der Waals surface area contributed by atoms with Gasteiger partial charge < -0.3 is 21.5 Å². The molecule has 1 heterocycles. The molecule has 0 aromatic heterocycles. The first-order chi connectivity index (χ1) is 6.62. The van der Waals surface area contributed by atoms with E-state index in [1.165, 1.54) is 0 Å². The van der Waals surface area contributed by atoms with Gasteiger partial charge in [0.2, 0.25) is 5.91 Å². The quantitative estimate of drug-likeness (QED) is 0.581. The van der Waals surface area contributed by atoms with Crippen LogP contribution in [0.25, 0.3) is 0 Å². The van der Waals surface area contributed by atoms with E-state index in [0.717, 1.165) is 6.42 Å². The average Bonchev–Trinajstić information content (AvgIpc) is 2.83. The fourth-order valence-corrected chi connectivity index (χ4v) is 1.66. The number of nitrogens with two attached hydrogens (primary N) is 2. The Balaban J connectivity index is 0.00000112. The Morgan fingerprint density at radius 1 is 1.40 bits per heavy atom. The molecular formula is C9H18ClN3O2. The van der Waals surface area contributed by atoms with E-state index in [9.17, 15) is 4.79 Å². The molecule has 88 valence electrons. The zero-order valence-corrected chi connectivity index (χ0v) is 9.39. The molecule has 0 aromatic rings. The highest BCUT2D eigenvalue weighted by Gasteiger charge is 2.41. The van der Waals surface area contributed by atoms with Crippen molar-refractivity contribution < 1.29 is 9.53 Å². The van der Waals surface area contributed by atoms with Crippen molar-refractivity contribution in [2.24, 2.45) is 11.5 Å². The maximum atomic E-state index is 11.8. The Morgan fingerprint density at radius 3 is 2.40 bits per heavy atom. The van der Waals surface area contributed by atoms with Gasteiger partial charge in [0.15, 0.2) is 0 Å². The van der Waals surface area contributed by atoms with Crippen LogP contribution in [0.15, 0.2) is 0 Å². The molecule has 6 heteroatoms. The lowest BCUT2D eigenvalue weighted by Crippen LogP contribution is -2.57. The number of hydrogen-bond acceptors (Lipinski definition) is 4. The van der Waals surface area contributed by atoms with E-state index in [1.54, 1.807) is 0 Å². The van der Waals surface area contributed by atoms with Gasteiger partial charge in [-0.2, -0.15) is 0 Å². The summed E-state index contributed by atoms with van der Waals surface area (Å²) in [7, 11) is 0. The fourth-order valence-electron chi connectivity index (χ4n) is 1.66. The first kappa shape index (κ1) is 12.7. The summed E-state index contributed by atoms with van der Waals surface area (Å²) >= 11 is 0. The van der Waals surface area contributed by atoms with E-state index < -0.39 is 5.54 Å². The van der Waals surface area contributed by atoms with Crippen LogP contribution in [-0.4, -0.2) is 36.7 Å². The molecule has 1 aliphatic heterocycles. The SMILES string of the molecule is Cl.NC1CC1NC(=O)C1(N)CCOCC1. The number of halogens is 1. The Labute approximate surface area is 95.3 Å². The summed E-state index contributed by atoms with van der Waals surface area (Å²) in [4.78, 5) is 11.8. The van der Waals surface area contributed by atoms with Crippen LogP contribution in [0.2, 0.25) is 0 Å². The zero-order chi connectivity index (χ0) is 10.2. The van der Waals surface area contributed by atoms with Gasteiger partial charge in [0, 0.05) is 25.3 Å². The molecule has 2 aliphatic rings. The summed E-state index contributed by atoms with van der Waals surface area (Å²) in [6, 6.07) is 0.271. The standard InChI is InChI=1S/C9H17N3O2.ClH/c10-6-5-7(6)12-8(13)9(11)1-3-14-4-2-9;/h6-7H,1-5,10-11H2,(H,12,13);1H. The van der Waals surface area contributed by atoms with Gasteiger partial charge >= 0.3 is 0 Å². The van der Waals surface area contributed by atoms with E-state index in [1.807, 2.05) is 0 Å². The third kappa shape index (κ3) is 2.81. The van der Waals surface area contributed by atoms with Crippen LogP contribution in [0.3, 0.4) is 0 Å². The van der Waals surface area contributed by atoms with Crippen LogP contribution >= 0.6 is 12.4 Å². The van der Waals surface area contributed by atoms with Gasteiger partial charge in [-0.15, -0.1) is 12.4 Å². The number of rotatable bonds is 2. The van der Waals surface area contributed by atoms with Crippen molar-refractivity contribution in [3.63, 3.8) is 0 Å². The normalized spacial score (nSPS) is 32.7. The molecule has 0 radical (unpaired) electrons. The minimum atomic E-state index is -0.736. The topological polar surface area (TPSA) is 90.4 Å². The highest BCUT2D eigenvalue weighted by molar-refractivity contribution is 5.86. The Bertz CT molecular complexity index is 244. The van der Waals surface area contributed by atoms with Crippen molar-refractivity contribution in [2.75, 3.05) is 13.2 Å². The molecule has 15 heavy (non-hydrogen) atoms. The van der Waals surface area contributed by atoms with E-state index in [-0.39, 0.29) is 30.4 Å². The smallest absolute Gasteiger partial charge is 0.240 e. The van der Waals surface area contributed by atoms with Crippen molar-refractivity contribution in [3.05, 3.63) is 0 Å². The van der Waals surface area contributed by atoms with Crippen molar-refractivity contribution in [1.29, 1.82) is 0 Å². The molecular weight excluding hydrogens is 218 g/mol. The van der Waals surface area contributed by atoms with Crippen molar-refractivity contribution in [3.8, 4) is 0 Å². The largest absolute Gasteiger partial charge is 0.381 e. The molecule has 2 unspecified atom stereocenters. The van der Waals surface area contributed by atoms with E-state index in [4.69, 9.17) is 16.2 Å². The molecule has 2 rings (SSSR count). The maximum absolute atomic E-state index is 11.8. The van der Waals surface area contributed by atoms with E-state index >= 15 is 0 Å². The number of hydrogen-bond donors (Lipinski definition) is 3. The summed E-state index contributed by atoms with van der Waals surface area (Å²) in [6.07, 6.45) is 2.07. The summed E-state index contributed by atoms with van der Waals surface area (Å²) in [6.45, 7) is 1.14. The van der Waals surface area contributed by atoms with Gasteiger partial charge in [-0.05, 0) is 19.3 Å². The lowest BCUT2D eigenvalue weighted by Gasteiger charge is -2.31. The number of amides is 1. The van der Waals surface area contributed by atoms with Crippen LogP contribution in [0.4, 0.5) is 0 Å². The summed E-state index contributed by atoms with van der Waals surface area (Å²) in [5.41, 5.74) is 10.9. The molecule has 1 aliphatic carbocycles. The molecule has 2 atom stereocenters. The molecule has 1 amide bonds. The molecule has 2 fully saturated rings. The number of carbonyl (C=O) groups is 1. The number of carbonyl (C=O) groups excluding carboxylic acids is 1. The first-order valence-corrected chi connectivity index (χ1v) is 5.05. The van der Waals surface area contributed by atoms with Crippen molar-refractivity contribution in [2.45, 2.75) is 36.9 Å². The molecule has 0 spiro atoms. The Morgan fingerprint density at radius 2 is 1.93 bits per heavy atom. The first-order valence-electron chi connectivity index (χ1n) is 5.05. The second kappa shape index (κ2) is 4.65. The lowest BCUT2D eigenvalue weighted by atomic mass is 9.90. The Kier molecular flexibility index (Phi) is 3.94. The Hall–Kier alpha value is -0.360. The third-order valence-electron chi connectivity index (χ3n) is 2.99. The van der Waals surface area contributed by atoms with Gasteiger partial charge in [-0.1, -0.05) is 0 Å². The highest BCUT2D eigenvalue weighted by Crippen LogP contribution is 2.22. The monoisotopic (exact) mass is 235 g/mol. The third-order valence-corrected chi connectivity index (χ3v) is 2.99. The highest BCUT2D eigenvalue weighted by atomic mass is 35.5. The van der Waals surface area contributed by atoms with Crippen LogP contribution in [0.5, 0.6) is 0 Å². The predicted molar refractivity (Wildman–Crippen MR) is 58.7 cm³/mol. The van der Waals surface area contributed by atoms with Crippen LogP contribution in [0.1, 0.15) is 19.3 Å². The van der Waals surface area contributed by atoms with Gasteiger partial charge in [-0.25, -0.2) is 0 Å². The molecule has 0 aromatic carbocycles. The minimum Gasteiger partial charge on any atom is -0.381 e. The second-order valence-corrected chi connectivity index (χ2v) is 4.25. The number of nitrogens with one attached hydrogen (secondary N) is 1. The van der Waals surface area contributed by atoms with Gasteiger partial charge in [0.25, 0.3) is 0 Å². The summed E-state index contributed by atoms with van der Waals surface area (Å²) in [5.74, 6) is -0.0706. The van der Waals surface area contributed by atoms with Crippen molar-refractivity contribution >= 4 is 18.3 Å². The summed E-state index contributed by atoms with van der Waals surface area (Å²) in [5, 5.41) is 2.87. The van der Waals surface area contributed by atoms with E-state index in [0.29, 0.717) is 26.1 Å². The lowest BCUT2D eigenvalue weighted by molar-refractivity contribution is -0.129. The molecule has 1 saturated carbocycles. The number of ether oxygens (including phenoxy) is 1. The van der Waals surface area contributed by atoms with Gasteiger partial charge in [-0.3, -0.25) is 4.79 Å². The maximum Gasteiger partial charge on any atom is 0.240 e. The second-order valence-electron chi connectivity index (χ2n) is 4.25. The molecule has 5 nitrogen and oxygen atoms in total. The fraction of sp³-hybridized carbons (Fsp3) is 0.889. The molecule has 0 bridgehead atoms. The van der Waals surface area contributed by atoms with Crippen LogP contribution < -0.4 is 16.8 Å². The van der Waals surface area contributed by atoms with Crippen LogP contribution in [0, 0.1) is 0 Å². The minimum absolute atomic E-state index is 0. The van der Waals surface area contributed by atoms with Crippen LogP contribution in [-0.2, 0) is 9.53 Å². The zero-order valence-electron chi connectivity index (χ0n) is 8.57. The predicted octanol–water partition coefficient (Wildman–Crippen LogP) is -0.868. The molecule has 1 saturated heterocycles.